The quantitative estimate of drug-likeness (QED) is 0.732. The maximum absolute atomic E-state index is 11.3. The highest BCUT2D eigenvalue weighted by Crippen LogP contribution is 2.23. The van der Waals surface area contributed by atoms with Crippen LogP contribution in [-0.4, -0.2) is 21.3 Å². The van der Waals surface area contributed by atoms with Crippen molar-refractivity contribution in [3.63, 3.8) is 0 Å². The molecule has 1 heterocycles. The molecule has 0 radical (unpaired) electrons. The lowest BCUT2D eigenvalue weighted by Crippen LogP contribution is -2.20. The number of nitrogens with zero attached hydrogens (tertiary/aromatic N) is 1. The highest BCUT2D eigenvalue weighted by molar-refractivity contribution is 5.99. The number of nitrogen functional groups attached to an aromatic ring is 1. The average molecular weight is 245 g/mol. The van der Waals surface area contributed by atoms with E-state index in [2.05, 4.69) is 10.2 Å². The first-order valence-electron chi connectivity index (χ1n) is 5.19. The normalized spacial score (nSPS) is 10.3. The molecule has 2 aromatic rings. The maximum atomic E-state index is 11.3. The number of aromatic amines is 1. The standard InChI is InChI=1S/C12H11N3O3/c1-6-3-2-4-7(5-6)10-8(12(17)18)9(13)11(16)15-14-10/h2-5H,1H3,(H2,13,14)(H,15,16)(H,17,18). The second kappa shape index (κ2) is 4.33. The van der Waals surface area contributed by atoms with E-state index in [1.165, 1.54) is 0 Å². The molecule has 6 nitrogen and oxygen atoms in total. The van der Waals surface area contributed by atoms with Gasteiger partial charge in [-0.25, -0.2) is 9.89 Å². The molecule has 0 amide bonds. The Morgan fingerprint density at radius 1 is 1.44 bits per heavy atom. The highest BCUT2D eigenvalue weighted by atomic mass is 16.4. The second-order valence-corrected chi connectivity index (χ2v) is 3.86. The first-order chi connectivity index (χ1) is 8.50. The Labute approximate surface area is 102 Å². The SMILES string of the molecule is Cc1cccc(-c2n[nH]c(=O)c(N)c2C(=O)O)c1. The molecule has 92 valence electrons. The van der Waals surface area contributed by atoms with Gasteiger partial charge in [0.25, 0.3) is 5.56 Å². The van der Waals surface area contributed by atoms with Crippen molar-refractivity contribution in [3.8, 4) is 11.3 Å². The third-order valence-electron chi connectivity index (χ3n) is 2.53. The predicted molar refractivity (Wildman–Crippen MR) is 66.4 cm³/mol. The zero-order valence-corrected chi connectivity index (χ0v) is 9.60. The van der Waals surface area contributed by atoms with Gasteiger partial charge < -0.3 is 10.8 Å². The van der Waals surface area contributed by atoms with Crippen molar-refractivity contribution >= 4 is 11.7 Å². The number of hydrogen-bond acceptors (Lipinski definition) is 4. The van der Waals surface area contributed by atoms with Crippen LogP contribution in [0, 0.1) is 6.92 Å². The number of rotatable bonds is 2. The summed E-state index contributed by atoms with van der Waals surface area (Å²) < 4.78 is 0. The molecule has 1 aromatic heterocycles. The Morgan fingerprint density at radius 3 is 2.78 bits per heavy atom. The van der Waals surface area contributed by atoms with E-state index in [0.29, 0.717) is 5.56 Å². The molecule has 4 N–H and O–H groups in total. The van der Waals surface area contributed by atoms with Crippen LogP contribution >= 0.6 is 0 Å². The lowest BCUT2D eigenvalue weighted by molar-refractivity contribution is 0.0698. The number of carboxylic acids is 1. The van der Waals surface area contributed by atoms with Crippen molar-refractivity contribution in [1.82, 2.24) is 10.2 Å². The van der Waals surface area contributed by atoms with E-state index in [-0.39, 0.29) is 16.9 Å². The van der Waals surface area contributed by atoms with Crippen LogP contribution in [0.15, 0.2) is 29.1 Å². The zero-order valence-electron chi connectivity index (χ0n) is 9.60. The summed E-state index contributed by atoms with van der Waals surface area (Å²) in [4.78, 5) is 22.5. The first-order valence-corrected chi connectivity index (χ1v) is 5.19. The first kappa shape index (κ1) is 11.8. The van der Waals surface area contributed by atoms with Crippen LogP contribution < -0.4 is 11.3 Å². The summed E-state index contributed by atoms with van der Waals surface area (Å²) in [6.07, 6.45) is 0. The average Bonchev–Trinajstić information content (AvgIpc) is 2.32. The van der Waals surface area contributed by atoms with Crippen LogP contribution in [0.1, 0.15) is 15.9 Å². The van der Waals surface area contributed by atoms with Crippen molar-refractivity contribution in [2.24, 2.45) is 0 Å². The van der Waals surface area contributed by atoms with Crippen LogP contribution in [0.25, 0.3) is 11.3 Å². The molecule has 1 aromatic carbocycles. The van der Waals surface area contributed by atoms with E-state index in [4.69, 9.17) is 10.8 Å². The second-order valence-electron chi connectivity index (χ2n) is 3.86. The van der Waals surface area contributed by atoms with E-state index >= 15 is 0 Å². The molecule has 0 aliphatic rings. The number of anilines is 1. The minimum Gasteiger partial charge on any atom is -0.478 e. The Hall–Kier alpha value is -2.63. The number of H-pyrrole nitrogens is 1. The Morgan fingerprint density at radius 2 is 2.17 bits per heavy atom. The number of nitrogens with one attached hydrogen (secondary N) is 1. The number of nitrogens with two attached hydrogens (primary N) is 1. The van der Waals surface area contributed by atoms with Gasteiger partial charge in [0.2, 0.25) is 0 Å². The number of carboxylic acid groups (broad SMARTS) is 1. The van der Waals surface area contributed by atoms with Gasteiger partial charge in [-0.15, -0.1) is 0 Å². The topological polar surface area (TPSA) is 109 Å². The number of carbonyl (C=O) groups is 1. The van der Waals surface area contributed by atoms with Gasteiger partial charge in [-0.3, -0.25) is 4.79 Å². The van der Waals surface area contributed by atoms with Crippen LogP contribution in [-0.2, 0) is 0 Å². The summed E-state index contributed by atoms with van der Waals surface area (Å²) in [5.74, 6) is -1.28. The molecule has 18 heavy (non-hydrogen) atoms. The molecular weight excluding hydrogens is 234 g/mol. The molecular formula is C12H11N3O3. The van der Waals surface area contributed by atoms with E-state index in [9.17, 15) is 9.59 Å². The van der Waals surface area contributed by atoms with Crippen LogP contribution in [0.3, 0.4) is 0 Å². The molecule has 0 bridgehead atoms. The van der Waals surface area contributed by atoms with Gasteiger partial charge in [0.1, 0.15) is 16.9 Å². The molecule has 0 fully saturated rings. The van der Waals surface area contributed by atoms with Gasteiger partial charge in [0.15, 0.2) is 0 Å². The number of hydrogen-bond donors (Lipinski definition) is 3. The highest BCUT2D eigenvalue weighted by Gasteiger charge is 2.19. The molecule has 6 heteroatoms. The fraction of sp³-hybridized carbons (Fsp3) is 0.0833. The zero-order chi connectivity index (χ0) is 13.3. The van der Waals surface area contributed by atoms with Crippen molar-refractivity contribution in [1.29, 1.82) is 0 Å². The van der Waals surface area contributed by atoms with Gasteiger partial charge in [-0.1, -0.05) is 23.8 Å². The number of aryl methyl sites for hydroxylation is 1. The van der Waals surface area contributed by atoms with Gasteiger partial charge in [0, 0.05) is 5.56 Å². The number of aromatic carboxylic acids is 1. The van der Waals surface area contributed by atoms with Gasteiger partial charge in [0.05, 0.1) is 0 Å². The molecule has 0 spiro atoms. The molecule has 0 atom stereocenters. The van der Waals surface area contributed by atoms with E-state index in [1.807, 2.05) is 13.0 Å². The predicted octanol–water partition coefficient (Wildman–Crippen LogP) is 1.03. The number of aromatic nitrogens is 2. The monoisotopic (exact) mass is 245 g/mol. The molecule has 0 saturated heterocycles. The lowest BCUT2D eigenvalue weighted by Gasteiger charge is -2.07. The van der Waals surface area contributed by atoms with Crippen molar-refractivity contribution < 1.29 is 9.90 Å². The fourth-order valence-corrected chi connectivity index (χ4v) is 1.68. The summed E-state index contributed by atoms with van der Waals surface area (Å²) >= 11 is 0. The molecule has 0 saturated carbocycles. The van der Waals surface area contributed by atoms with Gasteiger partial charge in [-0.2, -0.15) is 5.10 Å². The summed E-state index contributed by atoms with van der Waals surface area (Å²) in [7, 11) is 0. The smallest absolute Gasteiger partial charge is 0.340 e. The van der Waals surface area contributed by atoms with E-state index in [0.717, 1.165) is 5.56 Å². The summed E-state index contributed by atoms with van der Waals surface area (Å²) in [6, 6.07) is 7.13. The molecule has 2 rings (SSSR count). The summed E-state index contributed by atoms with van der Waals surface area (Å²) in [5.41, 5.74) is 5.88. The third-order valence-corrected chi connectivity index (χ3v) is 2.53. The minimum atomic E-state index is -1.28. The minimum absolute atomic E-state index is 0.156. The van der Waals surface area contributed by atoms with Gasteiger partial charge in [-0.05, 0) is 13.0 Å². The lowest BCUT2D eigenvalue weighted by atomic mass is 10.0. The third kappa shape index (κ3) is 1.95. The van der Waals surface area contributed by atoms with Crippen LogP contribution in [0.4, 0.5) is 5.69 Å². The summed E-state index contributed by atoms with van der Waals surface area (Å²) in [5, 5.41) is 15.1. The Balaban J connectivity index is 2.76. The summed E-state index contributed by atoms with van der Waals surface area (Å²) in [6.45, 7) is 1.87. The van der Waals surface area contributed by atoms with Crippen molar-refractivity contribution in [2.45, 2.75) is 6.92 Å². The van der Waals surface area contributed by atoms with E-state index in [1.54, 1.807) is 18.2 Å². The maximum Gasteiger partial charge on any atom is 0.340 e. The van der Waals surface area contributed by atoms with Crippen molar-refractivity contribution in [2.75, 3.05) is 5.73 Å². The van der Waals surface area contributed by atoms with E-state index < -0.39 is 11.5 Å². The van der Waals surface area contributed by atoms with Crippen molar-refractivity contribution in [3.05, 3.63) is 45.7 Å². The molecule has 0 unspecified atom stereocenters. The van der Waals surface area contributed by atoms with Gasteiger partial charge >= 0.3 is 5.97 Å². The Kier molecular flexibility index (Phi) is 2.85. The van der Waals surface area contributed by atoms with Crippen LogP contribution in [0.5, 0.6) is 0 Å². The largest absolute Gasteiger partial charge is 0.478 e. The Bertz CT molecular complexity index is 677. The number of benzene rings is 1. The van der Waals surface area contributed by atoms with Crippen LogP contribution in [0.2, 0.25) is 0 Å². The molecule has 0 aliphatic carbocycles. The fourth-order valence-electron chi connectivity index (χ4n) is 1.68. The molecule has 0 aliphatic heterocycles.